The fourth-order valence-electron chi connectivity index (χ4n) is 1.61. The number of primary amides is 1. The van der Waals surface area contributed by atoms with Crippen LogP contribution in [0.5, 0.6) is 0 Å². The van der Waals surface area contributed by atoms with Crippen molar-refractivity contribution in [3.8, 4) is 0 Å². The molecule has 0 aromatic heterocycles. The fraction of sp³-hybridized carbons (Fsp3) is 0.308. The van der Waals surface area contributed by atoms with E-state index in [0.717, 1.165) is 0 Å². The van der Waals surface area contributed by atoms with Crippen LogP contribution in [0.2, 0.25) is 0 Å². The number of carbonyl (C=O) groups excluding carboxylic acids is 3. The minimum atomic E-state index is -1.17. The van der Waals surface area contributed by atoms with E-state index in [9.17, 15) is 14.4 Å². The molecule has 3 amide bonds. The van der Waals surface area contributed by atoms with E-state index in [1.54, 1.807) is 31.1 Å². The molecular formula is C13H18N4O4. The minimum Gasteiger partial charge on any atom is -0.449 e. The van der Waals surface area contributed by atoms with Crippen LogP contribution in [-0.4, -0.2) is 38.1 Å². The Kier molecular flexibility index (Phi) is 5.12. The molecule has 1 unspecified atom stereocenters. The monoisotopic (exact) mass is 294 g/mol. The van der Waals surface area contributed by atoms with Gasteiger partial charge in [0.1, 0.15) is 0 Å². The van der Waals surface area contributed by atoms with Crippen LogP contribution in [0.15, 0.2) is 18.2 Å². The Morgan fingerprint density at radius 2 is 1.90 bits per heavy atom. The number of anilines is 2. The number of rotatable bonds is 4. The molecule has 0 aliphatic rings. The second-order valence-electron chi connectivity index (χ2n) is 4.57. The van der Waals surface area contributed by atoms with Crippen molar-refractivity contribution in [2.24, 2.45) is 5.73 Å². The van der Waals surface area contributed by atoms with Crippen molar-refractivity contribution in [2.45, 2.75) is 13.0 Å². The first-order chi connectivity index (χ1) is 9.72. The van der Waals surface area contributed by atoms with Crippen LogP contribution in [0.4, 0.5) is 16.2 Å². The summed E-state index contributed by atoms with van der Waals surface area (Å²) >= 11 is 0. The van der Waals surface area contributed by atoms with Gasteiger partial charge in [0, 0.05) is 19.8 Å². The topological polar surface area (TPSA) is 128 Å². The van der Waals surface area contributed by atoms with Gasteiger partial charge >= 0.3 is 12.0 Å². The molecule has 8 heteroatoms. The first kappa shape index (κ1) is 16.3. The van der Waals surface area contributed by atoms with E-state index < -0.39 is 24.0 Å². The molecule has 0 spiro atoms. The zero-order valence-corrected chi connectivity index (χ0v) is 12.0. The molecule has 0 saturated carbocycles. The number of nitrogens with two attached hydrogens (primary N) is 2. The van der Waals surface area contributed by atoms with Gasteiger partial charge in [0.2, 0.25) is 0 Å². The van der Waals surface area contributed by atoms with E-state index in [0.29, 0.717) is 11.4 Å². The summed E-state index contributed by atoms with van der Waals surface area (Å²) < 4.78 is 5.00. The molecule has 0 saturated heterocycles. The number of imide groups is 1. The van der Waals surface area contributed by atoms with Crippen molar-refractivity contribution >= 4 is 29.3 Å². The van der Waals surface area contributed by atoms with Gasteiger partial charge in [0.15, 0.2) is 6.10 Å². The lowest BCUT2D eigenvalue weighted by Crippen LogP contribution is -2.42. The molecule has 0 radical (unpaired) electrons. The van der Waals surface area contributed by atoms with Crippen LogP contribution >= 0.6 is 0 Å². The lowest BCUT2D eigenvalue weighted by atomic mass is 10.1. The van der Waals surface area contributed by atoms with E-state index in [-0.39, 0.29) is 5.56 Å². The Hall–Kier alpha value is -2.77. The predicted octanol–water partition coefficient (Wildman–Crippen LogP) is 0.0750. The van der Waals surface area contributed by atoms with Gasteiger partial charge in [0.05, 0.1) is 11.3 Å². The first-order valence-electron chi connectivity index (χ1n) is 6.10. The van der Waals surface area contributed by atoms with Crippen LogP contribution in [0.25, 0.3) is 0 Å². The second kappa shape index (κ2) is 6.60. The van der Waals surface area contributed by atoms with Crippen LogP contribution < -0.4 is 21.7 Å². The van der Waals surface area contributed by atoms with Gasteiger partial charge in [-0.05, 0) is 25.1 Å². The zero-order chi connectivity index (χ0) is 16.2. The third-order valence-electron chi connectivity index (χ3n) is 2.62. The number of ether oxygens (including phenoxy) is 1. The molecule has 1 aromatic carbocycles. The normalized spacial score (nSPS) is 11.4. The van der Waals surface area contributed by atoms with Crippen LogP contribution in [0.3, 0.4) is 0 Å². The Bertz CT molecular complexity index is 571. The minimum absolute atomic E-state index is 0.221. The highest BCUT2D eigenvalue weighted by atomic mass is 16.5. The van der Waals surface area contributed by atoms with Crippen LogP contribution in [-0.2, 0) is 9.53 Å². The molecule has 21 heavy (non-hydrogen) atoms. The van der Waals surface area contributed by atoms with Gasteiger partial charge in [-0.1, -0.05) is 0 Å². The van der Waals surface area contributed by atoms with Gasteiger partial charge in [-0.25, -0.2) is 9.59 Å². The third kappa shape index (κ3) is 4.37. The molecule has 1 atom stereocenters. The number of nitrogens with zero attached hydrogens (tertiary/aromatic N) is 1. The lowest BCUT2D eigenvalue weighted by Gasteiger charge is -2.18. The highest BCUT2D eigenvalue weighted by molar-refractivity contribution is 6.00. The van der Waals surface area contributed by atoms with Gasteiger partial charge in [0.25, 0.3) is 5.91 Å². The molecule has 8 nitrogen and oxygen atoms in total. The molecule has 114 valence electrons. The number of esters is 1. The van der Waals surface area contributed by atoms with Crippen molar-refractivity contribution in [3.63, 3.8) is 0 Å². The van der Waals surface area contributed by atoms with Crippen molar-refractivity contribution in [1.82, 2.24) is 5.32 Å². The standard InChI is InChI=1S/C13H18N4O4/c1-7(11(18)16-13(15)20)21-12(19)9-6-8(14)4-5-10(9)17(2)3/h4-7H,14H2,1-3H3,(H3,15,16,18,20). The number of amides is 3. The summed E-state index contributed by atoms with van der Waals surface area (Å²) in [7, 11) is 3.51. The summed E-state index contributed by atoms with van der Waals surface area (Å²) in [6.45, 7) is 1.33. The van der Waals surface area contributed by atoms with E-state index >= 15 is 0 Å². The number of nitrogens with one attached hydrogen (secondary N) is 1. The maximum atomic E-state index is 12.1. The van der Waals surface area contributed by atoms with Crippen LogP contribution in [0.1, 0.15) is 17.3 Å². The van der Waals surface area contributed by atoms with Crippen molar-refractivity contribution in [1.29, 1.82) is 0 Å². The largest absolute Gasteiger partial charge is 0.449 e. The van der Waals surface area contributed by atoms with E-state index in [4.69, 9.17) is 16.2 Å². The molecule has 0 aliphatic heterocycles. The lowest BCUT2D eigenvalue weighted by molar-refractivity contribution is -0.127. The molecule has 0 aliphatic carbocycles. The van der Waals surface area contributed by atoms with E-state index in [1.165, 1.54) is 13.0 Å². The number of urea groups is 1. The van der Waals surface area contributed by atoms with E-state index in [1.807, 2.05) is 5.32 Å². The molecule has 1 aromatic rings. The molecule has 0 heterocycles. The SMILES string of the molecule is CC(OC(=O)c1cc(N)ccc1N(C)C)C(=O)NC(N)=O. The Morgan fingerprint density at radius 3 is 2.43 bits per heavy atom. The fourth-order valence-corrected chi connectivity index (χ4v) is 1.61. The summed E-state index contributed by atoms with van der Waals surface area (Å²) in [5, 5.41) is 1.84. The quantitative estimate of drug-likeness (QED) is 0.532. The molecule has 0 fully saturated rings. The Balaban J connectivity index is 2.91. The van der Waals surface area contributed by atoms with Crippen LogP contribution in [0, 0.1) is 0 Å². The summed E-state index contributed by atoms with van der Waals surface area (Å²) in [5.74, 6) is -1.52. The number of carbonyl (C=O) groups is 3. The summed E-state index contributed by atoms with van der Waals surface area (Å²) in [5.41, 5.74) is 11.7. The average molecular weight is 294 g/mol. The van der Waals surface area contributed by atoms with Gasteiger partial charge in [-0.3, -0.25) is 10.1 Å². The molecule has 5 N–H and O–H groups in total. The van der Waals surface area contributed by atoms with Crippen molar-refractivity contribution < 1.29 is 19.1 Å². The van der Waals surface area contributed by atoms with Gasteiger partial charge < -0.3 is 21.1 Å². The van der Waals surface area contributed by atoms with Crippen molar-refractivity contribution in [3.05, 3.63) is 23.8 Å². The van der Waals surface area contributed by atoms with Gasteiger partial charge in [-0.15, -0.1) is 0 Å². The first-order valence-corrected chi connectivity index (χ1v) is 6.10. The number of hydrogen-bond donors (Lipinski definition) is 3. The molecule has 0 bridgehead atoms. The summed E-state index contributed by atoms with van der Waals surface area (Å²) in [6.07, 6.45) is -1.17. The number of nitrogen functional groups attached to an aromatic ring is 1. The Morgan fingerprint density at radius 1 is 1.29 bits per heavy atom. The predicted molar refractivity (Wildman–Crippen MR) is 77.8 cm³/mol. The summed E-state index contributed by atoms with van der Waals surface area (Å²) in [4.78, 5) is 35.9. The van der Waals surface area contributed by atoms with E-state index in [2.05, 4.69) is 0 Å². The summed E-state index contributed by atoms with van der Waals surface area (Å²) in [6, 6.07) is 3.76. The molecule has 1 rings (SSSR count). The highest BCUT2D eigenvalue weighted by Crippen LogP contribution is 2.22. The highest BCUT2D eigenvalue weighted by Gasteiger charge is 2.22. The second-order valence-corrected chi connectivity index (χ2v) is 4.57. The van der Waals surface area contributed by atoms with Gasteiger partial charge in [-0.2, -0.15) is 0 Å². The maximum absolute atomic E-state index is 12.1. The molecular weight excluding hydrogens is 276 g/mol. The maximum Gasteiger partial charge on any atom is 0.341 e. The number of benzene rings is 1. The average Bonchev–Trinajstić information content (AvgIpc) is 2.37. The van der Waals surface area contributed by atoms with Crippen molar-refractivity contribution in [2.75, 3.05) is 24.7 Å². The smallest absolute Gasteiger partial charge is 0.341 e. The Labute approximate surface area is 122 Å². The number of hydrogen-bond acceptors (Lipinski definition) is 6. The third-order valence-corrected chi connectivity index (χ3v) is 2.62. The zero-order valence-electron chi connectivity index (χ0n) is 12.0.